The molecule has 0 heterocycles. The molecule has 20 heavy (non-hydrogen) atoms. The molecular formula is C15H15ClFNO2. The zero-order chi connectivity index (χ0) is 14.5. The molecule has 0 atom stereocenters. The molecule has 0 unspecified atom stereocenters. The van der Waals surface area contributed by atoms with Crippen LogP contribution in [0.3, 0.4) is 0 Å². The smallest absolute Gasteiger partial charge is 0.165 e. The summed E-state index contributed by atoms with van der Waals surface area (Å²) < 4.78 is 23.4. The van der Waals surface area contributed by atoms with Crippen molar-refractivity contribution in [3.8, 4) is 11.5 Å². The third-order valence-electron chi connectivity index (χ3n) is 2.85. The molecule has 0 fully saturated rings. The van der Waals surface area contributed by atoms with E-state index in [2.05, 4.69) is 5.32 Å². The average Bonchev–Trinajstić information content (AvgIpc) is 2.46. The molecule has 106 valence electrons. The first-order valence-electron chi connectivity index (χ1n) is 6.04. The summed E-state index contributed by atoms with van der Waals surface area (Å²) in [5.74, 6) is 0.944. The molecule has 5 heteroatoms. The minimum atomic E-state index is -0.266. The largest absolute Gasteiger partial charge is 0.493 e. The molecular weight excluding hydrogens is 281 g/mol. The Labute approximate surface area is 122 Å². The van der Waals surface area contributed by atoms with Gasteiger partial charge in [0.1, 0.15) is 5.82 Å². The van der Waals surface area contributed by atoms with E-state index in [0.29, 0.717) is 23.1 Å². The van der Waals surface area contributed by atoms with Crippen LogP contribution in [0.15, 0.2) is 36.4 Å². The number of nitrogens with one attached hydrogen (secondary N) is 1. The van der Waals surface area contributed by atoms with Crippen molar-refractivity contribution >= 4 is 17.3 Å². The van der Waals surface area contributed by atoms with Gasteiger partial charge >= 0.3 is 0 Å². The van der Waals surface area contributed by atoms with Gasteiger partial charge in [-0.25, -0.2) is 4.39 Å². The fourth-order valence-corrected chi connectivity index (χ4v) is 2.13. The highest BCUT2D eigenvalue weighted by Gasteiger charge is 2.11. The summed E-state index contributed by atoms with van der Waals surface area (Å²) in [7, 11) is 3.14. The average molecular weight is 296 g/mol. The minimum Gasteiger partial charge on any atom is -0.493 e. The van der Waals surface area contributed by atoms with Gasteiger partial charge < -0.3 is 14.8 Å². The predicted octanol–water partition coefficient (Wildman–Crippen LogP) is 4.11. The third-order valence-corrected chi connectivity index (χ3v) is 3.07. The van der Waals surface area contributed by atoms with E-state index in [1.807, 2.05) is 0 Å². The maximum Gasteiger partial charge on any atom is 0.165 e. The first-order valence-corrected chi connectivity index (χ1v) is 6.41. The van der Waals surface area contributed by atoms with Crippen LogP contribution in [0.2, 0.25) is 5.02 Å². The Morgan fingerprint density at radius 1 is 1.10 bits per heavy atom. The number of hydrogen-bond acceptors (Lipinski definition) is 3. The molecule has 2 aromatic rings. The number of hydrogen-bond donors (Lipinski definition) is 1. The van der Waals surface area contributed by atoms with Gasteiger partial charge in [-0.15, -0.1) is 0 Å². The van der Waals surface area contributed by atoms with E-state index in [1.165, 1.54) is 12.1 Å². The van der Waals surface area contributed by atoms with Crippen LogP contribution in [0.25, 0.3) is 0 Å². The first kappa shape index (κ1) is 14.5. The van der Waals surface area contributed by atoms with Gasteiger partial charge in [0.15, 0.2) is 11.5 Å². The summed E-state index contributed by atoms with van der Waals surface area (Å²) in [6.07, 6.45) is 0. The predicted molar refractivity (Wildman–Crippen MR) is 78.3 cm³/mol. The Bertz CT molecular complexity index is 587. The lowest BCUT2D eigenvalue weighted by molar-refractivity contribution is 0.352. The molecule has 3 nitrogen and oxygen atoms in total. The van der Waals surface area contributed by atoms with Gasteiger partial charge in [0.25, 0.3) is 0 Å². The highest BCUT2D eigenvalue weighted by molar-refractivity contribution is 6.30. The second-order valence-electron chi connectivity index (χ2n) is 4.16. The fraction of sp³-hybridized carbons (Fsp3) is 0.200. The SMILES string of the molecule is COc1cc(Cl)cc(CNc2ccc(F)cc2)c1OC. The zero-order valence-electron chi connectivity index (χ0n) is 11.2. The molecule has 0 saturated carbocycles. The maximum atomic E-state index is 12.8. The summed E-state index contributed by atoms with van der Waals surface area (Å²) in [6.45, 7) is 0.492. The fourth-order valence-electron chi connectivity index (χ4n) is 1.90. The lowest BCUT2D eigenvalue weighted by Gasteiger charge is -2.14. The Balaban J connectivity index is 2.20. The van der Waals surface area contributed by atoms with Crippen molar-refractivity contribution in [2.24, 2.45) is 0 Å². The molecule has 0 radical (unpaired) electrons. The number of benzene rings is 2. The lowest BCUT2D eigenvalue weighted by Crippen LogP contribution is -2.03. The van der Waals surface area contributed by atoms with Gasteiger partial charge in [0.05, 0.1) is 14.2 Å². The summed E-state index contributed by atoms with van der Waals surface area (Å²) in [4.78, 5) is 0. The zero-order valence-corrected chi connectivity index (χ0v) is 12.0. The molecule has 0 aromatic heterocycles. The van der Waals surface area contributed by atoms with Gasteiger partial charge in [-0.1, -0.05) is 11.6 Å². The standard InChI is InChI=1S/C15H15ClFNO2/c1-19-14-8-11(16)7-10(15(14)20-2)9-18-13-5-3-12(17)4-6-13/h3-8,18H,9H2,1-2H3. The summed E-state index contributed by atoms with van der Waals surface area (Å²) in [5.41, 5.74) is 1.67. The van der Waals surface area contributed by atoms with Crippen molar-refractivity contribution in [2.45, 2.75) is 6.54 Å². The van der Waals surface area contributed by atoms with Crippen LogP contribution in [0, 0.1) is 5.82 Å². The van der Waals surface area contributed by atoms with E-state index in [-0.39, 0.29) is 5.82 Å². The molecule has 0 aliphatic carbocycles. The molecule has 0 bridgehead atoms. The van der Waals surface area contributed by atoms with E-state index in [4.69, 9.17) is 21.1 Å². The highest BCUT2D eigenvalue weighted by Crippen LogP contribution is 2.34. The number of anilines is 1. The quantitative estimate of drug-likeness (QED) is 0.900. The van der Waals surface area contributed by atoms with E-state index < -0.39 is 0 Å². The molecule has 0 aliphatic heterocycles. The van der Waals surface area contributed by atoms with Gasteiger partial charge in [0.2, 0.25) is 0 Å². The van der Waals surface area contributed by atoms with Crippen LogP contribution >= 0.6 is 11.6 Å². The van der Waals surface area contributed by atoms with Crippen LogP contribution in [0.1, 0.15) is 5.56 Å². The van der Waals surface area contributed by atoms with E-state index in [1.54, 1.807) is 38.5 Å². The van der Waals surface area contributed by atoms with Crippen molar-refractivity contribution in [2.75, 3.05) is 19.5 Å². The van der Waals surface area contributed by atoms with E-state index in [9.17, 15) is 4.39 Å². The van der Waals surface area contributed by atoms with Crippen molar-refractivity contribution < 1.29 is 13.9 Å². The normalized spacial score (nSPS) is 10.2. The van der Waals surface area contributed by atoms with E-state index >= 15 is 0 Å². The molecule has 0 spiro atoms. The van der Waals surface area contributed by atoms with Crippen LogP contribution < -0.4 is 14.8 Å². The number of methoxy groups -OCH3 is 2. The van der Waals surface area contributed by atoms with Gasteiger partial charge in [-0.05, 0) is 30.3 Å². The van der Waals surface area contributed by atoms with Gasteiger partial charge in [-0.3, -0.25) is 0 Å². The van der Waals surface area contributed by atoms with Crippen LogP contribution in [-0.4, -0.2) is 14.2 Å². The third kappa shape index (κ3) is 3.33. The van der Waals surface area contributed by atoms with Crippen LogP contribution in [0.4, 0.5) is 10.1 Å². The van der Waals surface area contributed by atoms with Gasteiger partial charge in [0, 0.05) is 28.9 Å². The monoisotopic (exact) mass is 295 g/mol. The Morgan fingerprint density at radius 2 is 1.80 bits per heavy atom. The Hall–Kier alpha value is -1.94. The Morgan fingerprint density at radius 3 is 2.40 bits per heavy atom. The maximum absolute atomic E-state index is 12.8. The number of rotatable bonds is 5. The van der Waals surface area contributed by atoms with Crippen molar-refractivity contribution in [1.82, 2.24) is 0 Å². The molecule has 0 saturated heterocycles. The molecule has 2 aromatic carbocycles. The Kier molecular flexibility index (Phi) is 4.69. The van der Waals surface area contributed by atoms with E-state index in [0.717, 1.165) is 11.3 Å². The van der Waals surface area contributed by atoms with Crippen LogP contribution in [-0.2, 0) is 6.54 Å². The molecule has 0 amide bonds. The highest BCUT2D eigenvalue weighted by atomic mass is 35.5. The summed E-state index contributed by atoms with van der Waals surface area (Å²) in [6, 6.07) is 9.64. The van der Waals surface area contributed by atoms with Gasteiger partial charge in [-0.2, -0.15) is 0 Å². The van der Waals surface area contributed by atoms with Crippen LogP contribution in [0.5, 0.6) is 11.5 Å². The van der Waals surface area contributed by atoms with Crippen molar-refractivity contribution in [3.63, 3.8) is 0 Å². The molecule has 0 aliphatic rings. The van der Waals surface area contributed by atoms with Crippen molar-refractivity contribution in [1.29, 1.82) is 0 Å². The second-order valence-corrected chi connectivity index (χ2v) is 4.60. The number of halogens is 2. The minimum absolute atomic E-state index is 0.266. The topological polar surface area (TPSA) is 30.5 Å². The first-order chi connectivity index (χ1) is 9.63. The molecule has 2 rings (SSSR count). The summed E-state index contributed by atoms with van der Waals surface area (Å²) in [5, 5.41) is 3.75. The van der Waals surface area contributed by atoms with Crippen molar-refractivity contribution in [3.05, 3.63) is 52.8 Å². The number of ether oxygens (including phenoxy) is 2. The summed E-state index contributed by atoms with van der Waals surface area (Å²) >= 11 is 6.05. The molecule has 1 N–H and O–H groups in total. The lowest BCUT2D eigenvalue weighted by atomic mass is 10.1. The second kappa shape index (κ2) is 6.48.